The number of carbonyl (C=O) groups excluding carboxylic acids is 1. The molecule has 0 spiro atoms. The van der Waals surface area contributed by atoms with E-state index in [1.807, 2.05) is 13.8 Å². The Morgan fingerprint density at radius 2 is 2.29 bits per heavy atom. The van der Waals surface area contributed by atoms with Crippen molar-refractivity contribution in [3.05, 3.63) is 6.54 Å². The van der Waals surface area contributed by atoms with Crippen molar-refractivity contribution in [2.75, 3.05) is 6.54 Å². The maximum absolute atomic E-state index is 9.86. The van der Waals surface area contributed by atoms with Gasteiger partial charge in [0.25, 0.3) is 0 Å². The number of hydrogen-bond donors (Lipinski definition) is 0. The van der Waals surface area contributed by atoms with Gasteiger partial charge in [-0.05, 0) is 13.8 Å². The normalized spacial score (nSPS) is 8.29. The van der Waals surface area contributed by atoms with Crippen LogP contribution in [0.2, 0.25) is 0 Å². The van der Waals surface area contributed by atoms with Gasteiger partial charge in [-0.1, -0.05) is 0 Å². The average Bonchev–Trinajstić information content (AvgIpc) is 1.72. The lowest BCUT2D eigenvalue weighted by molar-refractivity contribution is -0.116. The molecule has 0 unspecified atom stereocenters. The first-order valence-corrected chi connectivity index (χ1v) is 2.35. The zero-order valence-corrected chi connectivity index (χ0v) is 4.72. The van der Waals surface area contributed by atoms with Crippen molar-refractivity contribution in [3.63, 3.8) is 0 Å². The lowest BCUT2D eigenvalue weighted by Gasteiger charge is -2.08. The summed E-state index contributed by atoms with van der Waals surface area (Å²) in [4.78, 5) is 11.4. The van der Waals surface area contributed by atoms with Crippen LogP contribution in [0.1, 0.15) is 13.8 Å². The Labute approximate surface area is 44.1 Å². The van der Waals surface area contributed by atoms with Crippen molar-refractivity contribution in [2.24, 2.45) is 0 Å². The van der Waals surface area contributed by atoms with E-state index in [-0.39, 0.29) is 0 Å². The van der Waals surface area contributed by atoms with Crippen LogP contribution in [0.3, 0.4) is 0 Å². The molecular formula is C5H10NO. The zero-order chi connectivity index (χ0) is 5.70. The molecule has 7 heavy (non-hydrogen) atoms. The molecule has 0 bridgehead atoms. The molecule has 0 rings (SSSR count). The summed E-state index contributed by atoms with van der Waals surface area (Å²) in [6.45, 7) is 6.26. The summed E-state index contributed by atoms with van der Waals surface area (Å²) in [5.41, 5.74) is 0. The molecule has 0 aromatic carbocycles. The van der Waals surface area contributed by atoms with E-state index in [0.29, 0.717) is 0 Å². The first-order valence-electron chi connectivity index (χ1n) is 2.35. The van der Waals surface area contributed by atoms with E-state index in [1.165, 1.54) is 0 Å². The Kier molecular flexibility index (Phi) is 3.38. The Morgan fingerprint density at radius 3 is 2.29 bits per heavy atom. The van der Waals surface area contributed by atoms with Gasteiger partial charge >= 0.3 is 0 Å². The molecule has 2 nitrogen and oxygen atoms in total. The highest BCUT2D eigenvalue weighted by molar-refractivity contribution is 5.47. The molecule has 41 valence electrons. The van der Waals surface area contributed by atoms with Crippen molar-refractivity contribution < 1.29 is 4.79 Å². The van der Waals surface area contributed by atoms with Gasteiger partial charge in [0.15, 0.2) is 0 Å². The van der Waals surface area contributed by atoms with Crippen molar-refractivity contribution in [3.8, 4) is 0 Å². The van der Waals surface area contributed by atoms with E-state index >= 15 is 0 Å². The number of nitrogens with zero attached hydrogens (tertiary/aromatic N) is 1. The van der Waals surface area contributed by atoms with Crippen molar-refractivity contribution >= 4 is 6.41 Å². The molecule has 0 saturated carbocycles. The van der Waals surface area contributed by atoms with Crippen LogP contribution in [0.25, 0.3) is 0 Å². The van der Waals surface area contributed by atoms with Gasteiger partial charge in [-0.25, -0.2) is 0 Å². The maximum Gasteiger partial charge on any atom is 0.210 e. The van der Waals surface area contributed by atoms with Gasteiger partial charge in [0, 0.05) is 13.1 Å². The molecular weight excluding hydrogens is 90.1 g/mol. The molecule has 0 N–H and O–H groups in total. The minimum absolute atomic E-state index is 0.764. The summed E-state index contributed by atoms with van der Waals surface area (Å²) >= 11 is 0. The molecule has 0 aromatic heterocycles. The van der Waals surface area contributed by atoms with Gasteiger partial charge in [-0.15, -0.1) is 0 Å². The van der Waals surface area contributed by atoms with Crippen LogP contribution in [0, 0.1) is 6.54 Å². The summed E-state index contributed by atoms with van der Waals surface area (Å²) in [5, 5.41) is 0. The fraction of sp³-hybridized carbons (Fsp3) is 0.600. The van der Waals surface area contributed by atoms with Gasteiger partial charge < -0.3 is 4.90 Å². The largest absolute Gasteiger partial charge is 0.341 e. The SMILES string of the molecule is C[CH]N(C=O)CC. The second-order valence-electron chi connectivity index (χ2n) is 1.19. The molecule has 0 aliphatic heterocycles. The van der Waals surface area contributed by atoms with Crippen LogP contribution in [-0.4, -0.2) is 17.9 Å². The van der Waals surface area contributed by atoms with Gasteiger partial charge in [-0.2, -0.15) is 0 Å². The third kappa shape index (κ3) is 2.20. The molecule has 0 fully saturated rings. The van der Waals surface area contributed by atoms with E-state index in [2.05, 4.69) is 0 Å². The van der Waals surface area contributed by atoms with Crippen LogP contribution in [0.15, 0.2) is 0 Å². The number of rotatable bonds is 3. The highest BCUT2D eigenvalue weighted by atomic mass is 16.1. The van der Waals surface area contributed by atoms with Crippen LogP contribution < -0.4 is 0 Å². The zero-order valence-electron chi connectivity index (χ0n) is 4.72. The van der Waals surface area contributed by atoms with Crippen molar-refractivity contribution in [1.82, 2.24) is 4.90 Å². The summed E-state index contributed by atoms with van der Waals surface area (Å²) < 4.78 is 0. The second-order valence-corrected chi connectivity index (χ2v) is 1.19. The average molecular weight is 100 g/mol. The number of amides is 1. The van der Waals surface area contributed by atoms with Crippen LogP contribution >= 0.6 is 0 Å². The lowest BCUT2D eigenvalue weighted by Crippen LogP contribution is -2.15. The lowest BCUT2D eigenvalue weighted by atomic mass is 10.6. The summed E-state index contributed by atoms with van der Waals surface area (Å²) in [6, 6.07) is 0. The number of hydrogen-bond acceptors (Lipinski definition) is 1. The van der Waals surface area contributed by atoms with Crippen LogP contribution in [0.5, 0.6) is 0 Å². The number of carbonyl (C=O) groups is 1. The molecule has 0 aliphatic carbocycles. The van der Waals surface area contributed by atoms with E-state index < -0.39 is 0 Å². The Morgan fingerprint density at radius 1 is 1.71 bits per heavy atom. The first-order chi connectivity index (χ1) is 3.35. The summed E-state index contributed by atoms with van der Waals surface area (Å²) in [6.07, 6.45) is 0.806. The first kappa shape index (κ1) is 6.47. The summed E-state index contributed by atoms with van der Waals surface area (Å²) in [7, 11) is 0. The smallest absolute Gasteiger partial charge is 0.210 e. The molecule has 0 aliphatic rings. The third-order valence-electron chi connectivity index (χ3n) is 0.832. The van der Waals surface area contributed by atoms with E-state index in [4.69, 9.17) is 0 Å². The maximum atomic E-state index is 9.86. The Bertz CT molecular complexity index is 50.0. The molecule has 1 amide bonds. The van der Waals surface area contributed by atoms with Gasteiger partial charge in [0.1, 0.15) is 0 Å². The van der Waals surface area contributed by atoms with Crippen LogP contribution in [-0.2, 0) is 4.79 Å². The molecule has 1 radical (unpaired) electrons. The second kappa shape index (κ2) is 3.65. The van der Waals surface area contributed by atoms with Gasteiger partial charge in [0.2, 0.25) is 6.41 Å². The predicted octanol–water partition coefficient (Wildman–Crippen LogP) is 0.646. The Balaban J connectivity index is 3.16. The quantitative estimate of drug-likeness (QED) is 0.477. The summed E-state index contributed by atoms with van der Waals surface area (Å²) in [5.74, 6) is 0. The van der Waals surface area contributed by atoms with E-state index in [1.54, 1.807) is 11.4 Å². The highest BCUT2D eigenvalue weighted by Crippen LogP contribution is 1.82. The molecule has 0 saturated heterocycles. The third-order valence-corrected chi connectivity index (χ3v) is 0.832. The minimum Gasteiger partial charge on any atom is -0.341 e. The standard InChI is InChI=1S/C5H10NO/c1-3-6(4-2)5-7/h3,5H,4H2,1-2H3. The minimum atomic E-state index is 0.764. The monoisotopic (exact) mass is 100 g/mol. The molecule has 0 atom stereocenters. The van der Waals surface area contributed by atoms with Gasteiger partial charge in [0.05, 0.1) is 0 Å². The Hall–Kier alpha value is -0.530. The highest BCUT2D eigenvalue weighted by Gasteiger charge is 1.88. The molecule has 0 aromatic rings. The fourth-order valence-electron chi connectivity index (χ4n) is 0.318. The predicted molar refractivity (Wildman–Crippen MR) is 28.4 cm³/mol. The van der Waals surface area contributed by atoms with Crippen molar-refractivity contribution in [1.29, 1.82) is 0 Å². The molecule has 0 heterocycles. The van der Waals surface area contributed by atoms with Crippen LogP contribution in [0.4, 0.5) is 0 Å². The van der Waals surface area contributed by atoms with E-state index in [9.17, 15) is 4.79 Å². The van der Waals surface area contributed by atoms with E-state index in [0.717, 1.165) is 13.0 Å². The van der Waals surface area contributed by atoms with Crippen molar-refractivity contribution in [2.45, 2.75) is 13.8 Å². The topological polar surface area (TPSA) is 20.3 Å². The molecule has 2 heteroatoms. The van der Waals surface area contributed by atoms with Gasteiger partial charge in [-0.3, -0.25) is 4.79 Å². The fourth-order valence-corrected chi connectivity index (χ4v) is 0.318.